The number of halogens is 2. The Labute approximate surface area is 164 Å². The second-order valence-electron chi connectivity index (χ2n) is 3.20. The van der Waals surface area contributed by atoms with Crippen LogP contribution < -0.4 is 0 Å². The van der Waals surface area contributed by atoms with Crippen LogP contribution in [0.25, 0.3) is 0 Å². The Morgan fingerprint density at radius 1 is 0.778 bits per heavy atom. The molecule has 18 heavy (non-hydrogen) atoms. The standard InChI is InChI=1S/C10H6I2S4Se2/c11-7-8(12)14-5(13-7)1-2-6-15-9-10(16-6)18-4-3-17-9/h1-2H,3-4H2. The minimum atomic E-state index is 0.777. The summed E-state index contributed by atoms with van der Waals surface area (Å²) in [4.78, 5) is 0. The van der Waals surface area contributed by atoms with Gasteiger partial charge >= 0.3 is 167 Å². The fourth-order valence-electron chi connectivity index (χ4n) is 1.28. The second kappa shape index (κ2) is 7.42. The normalized spacial score (nSPS) is 23.9. The van der Waals surface area contributed by atoms with Crippen molar-refractivity contribution in [2.45, 2.75) is 10.6 Å². The first-order chi connectivity index (χ1) is 8.72. The summed E-state index contributed by atoms with van der Waals surface area (Å²) >= 11 is 14.3. The van der Waals surface area contributed by atoms with Gasteiger partial charge in [0.05, 0.1) is 0 Å². The molecule has 0 atom stereocenters. The van der Waals surface area contributed by atoms with Crippen LogP contribution in [-0.4, -0.2) is 29.9 Å². The van der Waals surface area contributed by atoms with Crippen LogP contribution >= 0.6 is 92.2 Å². The molecule has 0 N–H and O–H groups in total. The molecule has 0 unspecified atom stereocenters. The maximum absolute atomic E-state index is 2.43. The van der Waals surface area contributed by atoms with E-state index in [1.807, 2.05) is 47.0 Å². The number of allylic oxidation sites excluding steroid dienone is 2. The van der Waals surface area contributed by atoms with Gasteiger partial charge in [0.15, 0.2) is 0 Å². The molecule has 0 spiro atoms. The van der Waals surface area contributed by atoms with E-state index in [1.54, 1.807) is 7.61 Å². The summed E-state index contributed by atoms with van der Waals surface area (Å²) in [5.41, 5.74) is 0. The molecule has 0 aromatic carbocycles. The molecule has 0 aromatic heterocycles. The van der Waals surface area contributed by atoms with Crippen molar-refractivity contribution >= 4 is 122 Å². The van der Waals surface area contributed by atoms with Crippen LogP contribution in [0.4, 0.5) is 0 Å². The molecule has 3 aliphatic heterocycles. The molecule has 0 saturated carbocycles. The van der Waals surface area contributed by atoms with Gasteiger partial charge < -0.3 is 0 Å². The molecule has 0 amide bonds. The molecule has 0 saturated heterocycles. The molecular formula is C10H6I2S4Se2. The van der Waals surface area contributed by atoms with Gasteiger partial charge in [0, 0.05) is 0 Å². The fraction of sp³-hybridized carbons (Fsp3) is 0.200. The first-order valence-electron chi connectivity index (χ1n) is 4.91. The summed E-state index contributed by atoms with van der Waals surface area (Å²) in [6.07, 6.45) is 4.63. The van der Waals surface area contributed by atoms with Gasteiger partial charge in [-0.3, -0.25) is 0 Å². The van der Waals surface area contributed by atoms with Crippen LogP contribution in [0.2, 0.25) is 10.6 Å². The monoisotopic (exact) mass is 668 g/mol. The molecule has 8 heteroatoms. The average molecular weight is 666 g/mol. The van der Waals surface area contributed by atoms with Gasteiger partial charge in [-0.05, 0) is 0 Å². The van der Waals surface area contributed by atoms with E-state index in [2.05, 4.69) is 57.3 Å². The van der Waals surface area contributed by atoms with E-state index in [9.17, 15) is 0 Å². The molecule has 0 nitrogen and oxygen atoms in total. The predicted octanol–water partition coefficient (Wildman–Crippen LogP) is 6.01. The van der Waals surface area contributed by atoms with Gasteiger partial charge in [0.2, 0.25) is 0 Å². The van der Waals surface area contributed by atoms with Gasteiger partial charge in [-0.25, -0.2) is 0 Å². The Bertz CT molecular complexity index is 474. The fourth-order valence-corrected chi connectivity index (χ4v) is 17.1. The van der Waals surface area contributed by atoms with Gasteiger partial charge in [-0.1, -0.05) is 0 Å². The molecule has 96 valence electrons. The number of thioether (sulfide) groups is 4. The van der Waals surface area contributed by atoms with Crippen LogP contribution in [0.5, 0.6) is 0 Å². The first kappa shape index (κ1) is 15.7. The van der Waals surface area contributed by atoms with Crippen LogP contribution in [0.3, 0.4) is 0 Å². The van der Waals surface area contributed by atoms with Crippen LogP contribution in [-0.2, 0) is 0 Å². The summed E-state index contributed by atoms with van der Waals surface area (Å²) in [5, 5.41) is 2.94. The third-order valence-corrected chi connectivity index (χ3v) is 18.8. The zero-order valence-electron chi connectivity index (χ0n) is 8.77. The van der Waals surface area contributed by atoms with Crippen molar-refractivity contribution in [1.82, 2.24) is 0 Å². The summed E-state index contributed by atoms with van der Waals surface area (Å²) in [7, 11) is 0. The number of hydrogen-bond donors (Lipinski definition) is 0. The van der Waals surface area contributed by atoms with Crippen molar-refractivity contribution in [2.24, 2.45) is 0 Å². The topological polar surface area (TPSA) is 0 Å². The second-order valence-corrected chi connectivity index (χ2v) is 17.4. The van der Waals surface area contributed by atoms with E-state index in [0.717, 1.165) is 29.9 Å². The van der Waals surface area contributed by atoms with Crippen LogP contribution in [0.15, 0.2) is 34.1 Å². The van der Waals surface area contributed by atoms with Gasteiger partial charge in [-0.15, -0.1) is 0 Å². The summed E-state index contributed by atoms with van der Waals surface area (Å²) in [5.74, 6) is 0. The Balaban J connectivity index is 1.65. The Hall–Kier alpha value is 2.86. The van der Waals surface area contributed by atoms with E-state index in [4.69, 9.17) is 0 Å². The molecule has 0 fully saturated rings. The van der Waals surface area contributed by atoms with E-state index in [-0.39, 0.29) is 0 Å². The summed E-state index contributed by atoms with van der Waals surface area (Å²) in [6.45, 7) is 0. The van der Waals surface area contributed by atoms with E-state index in [1.165, 1.54) is 24.9 Å². The van der Waals surface area contributed by atoms with E-state index in [0.29, 0.717) is 0 Å². The van der Waals surface area contributed by atoms with Crippen molar-refractivity contribution in [1.29, 1.82) is 0 Å². The van der Waals surface area contributed by atoms with Crippen molar-refractivity contribution in [2.75, 3.05) is 0 Å². The van der Waals surface area contributed by atoms with Crippen molar-refractivity contribution in [3.63, 3.8) is 0 Å². The molecular weight excluding hydrogens is 660 g/mol. The number of rotatable bonds is 1. The van der Waals surface area contributed by atoms with Crippen LogP contribution in [0.1, 0.15) is 0 Å². The maximum atomic E-state index is 2.43. The summed E-state index contributed by atoms with van der Waals surface area (Å²) in [6, 6.07) is 0. The predicted molar refractivity (Wildman–Crippen MR) is 110 cm³/mol. The van der Waals surface area contributed by atoms with Crippen molar-refractivity contribution in [3.8, 4) is 0 Å². The zero-order chi connectivity index (χ0) is 12.5. The Kier molecular flexibility index (Phi) is 6.49. The van der Waals surface area contributed by atoms with Gasteiger partial charge in [0.25, 0.3) is 0 Å². The zero-order valence-corrected chi connectivity index (χ0v) is 19.8. The van der Waals surface area contributed by atoms with Crippen LogP contribution in [0, 0.1) is 0 Å². The molecule has 0 aliphatic carbocycles. The SMILES string of the molecule is IC1=C(I)SC(=CC=C2SC3=C(S2)[Se]CC[Se]3)S1. The third kappa shape index (κ3) is 3.98. The summed E-state index contributed by atoms with van der Waals surface area (Å²) < 4.78 is 9.21. The average Bonchev–Trinajstić information content (AvgIpc) is 2.91. The third-order valence-electron chi connectivity index (χ3n) is 1.99. The first-order valence-corrected chi connectivity index (χ1v) is 14.5. The quantitative estimate of drug-likeness (QED) is 0.249. The molecule has 3 aliphatic rings. The van der Waals surface area contributed by atoms with Crippen molar-refractivity contribution in [3.05, 3.63) is 34.1 Å². The van der Waals surface area contributed by atoms with E-state index < -0.39 is 0 Å². The van der Waals surface area contributed by atoms with E-state index >= 15 is 0 Å². The minimum absolute atomic E-state index is 0.777. The van der Waals surface area contributed by atoms with Gasteiger partial charge in [0.1, 0.15) is 0 Å². The van der Waals surface area contributed by atoms with Gasteiger partial charge in [-0.2, -0.15) is 0 Å². The molecule has 3 rings (SSSR count). The molecule has 0 aromatic rings. The van der Waals surface area contributed by atoms with Crippen molar-refractivity contribution < 1.29 is 0 Å². The molecule has 0 radical (unpaired) electrons. The molecule has 3 heterocycles. The molecule has 0 bridgehead atoms. The number of hydrogen-bond acceptors (Lipinski definition) is 4. The Morgan fingerprint density at radius 2 is 1.22 bits per heavy atom. The Morgan fingerprint density at radius 3 is 1.72 bits per heavy atom.